The number of hydrogen-bond acceptors (Lipinski definition) is 5. The Kier molecular flexibility index (Phi) is 6.34. The Morgan fingerprint density at radius 3 is 2.26 bits per heavy atom. The van der Waals surface area contributed by atoms with Gasteiger partial charge in [-0.05, 0) is 52.3 Å². The van der Waals surface area contributed by atoms with Crippen LogP contribution in [0, 0.1) is 20.8 Å². The lowest BCUT2D eigenvalue weighted by Crippen LogP contribution is -2.38. The molecule has 7 heteroatoms. The van der Waals surface area contributed by atoms with E-state index in [0.717, 1.165) is 31.5 Å². The third kappa shape index (κ3) is 4.78. The first-order valence-corrected chi connectivity index (χ1v) is 11.1. The van der Waals surface area contributed by atoms with Crippen LogP contribution >= 0.6 is 0 Å². The van der Waals surface area contributed by atoms with Crippen molar-refractivity contribution in [3.63, 3.8) is 0 Å². The fourth-order valence-electron chi connectivity index (χ4n) is 3.77. The van der Waals surface area contributed by atoms with E-state index >= 15 is 0 Å². The van der Waals surface area contributed by atoms with Crippen LogP contribution in [-0.2, 0) is 10.0 Å². The van der Waals surface area contributed by atoms with Crippen LogP contribution in [0.25, 0.3) is 0 Å². The smallest absolute Gasteiger partial charge is 0.246 e. The van der Waals surface area contributed by atoms with E-state index in [-0.39, 0.29) is 10.9 Å². The van der Waals surface area contributed by atoms with Gasteiger partial charge < -0.3 is 4.52 Å². The molecule has 1 aromatic heterocycles. The number of sulfonamides is 1. The molecule has 1 N–H and O–H groups in total. The number of nitrogens with one attached hydrogen (secondary N) is 1. The Bertz CT molecular complexity index is 832. The predicted octanol–water partition coefficient (Wildman–Crippen LogP) is 3.50. The maximum atomic E-state index is 12.8. The second-order valence-corrected chi connectivity index (χ2v) is 9.09. The van der Waals surface area contributed by atoms with Crippen LogP contribution in [0.15, 0.2) is 33.7 Å². The van der Waals surface area contributed by atoms with E-state index in [9.17, 15) is 8.42 Å². The third-order valence-corrected chi connectivity index (χ3v) is 6.91. The van der Waals surface area contributed by atoms with Crippen LogP contribution in [0.1, 0.15) is 54.3 Å². The minimum absolute atomic E-state index is 0.0129. The maximum Gasteiger partial charge on any atom is 0.246 e. The molecule has 2 heterocycles. The van der Waals surface area contributed by atoms with Crippen LogP contribution in [0.3, 0.4) is 0 Å². The quantitative estimate of drug-likeness (QED) is 0.816. The molecule has 0 amide bonds. The van der Waals surface area contributed by atoms with Crippen molar-refractivity contribution in [2.24, 2.45) is 0 Å². The lowest BCUT2D eigenvalue weighted by atomic mass is 10.0. The zero-order chi connectivity index (χ0) is 19.4. The Morgan fingerprint density at radius 2 is 1.70 bits per heavy atom. The highest BCUT2D eigenvalue weighted by molar-refractivity contribution is 7.89. The van der Waals surface area contributed by atoms with E-state index < -0.39 is 10.0 Å². The average molecular weight is 392 g/mol. The molecule has 0 aliphatic carbocycles. The molecule has 1 aliphatic heterocycles. The number of nitrogens with zero attached hydrogens (tertiary/aromatic N) is 2. The molecular weight excluding hydrogens is 362 g/mol. The van der Waals surface area contributed by atoms with Crippen LogP contribution in [0.5, 0.6) is 0 Å². The van der Waals surface area contributed by atoms with E-state index in [1.807, 2.05) is 0 Å². The molecule has 3 rings (SSSR count). The van der Waals surface area contributed by atoms with Gasteiger partial charge >= 0.3 is 0 Å². The van der Waals surface area contributed by atoms with Gasteiger partial charge in [0.25, 0.3) is 0 Å². The molecule has 1 fully saturated rings. The van der Waals surface area contributed by atoms with Crippen molar-refractivity contribution in [2.45, 2.75) is 57.4 Å². The van der Waals surface area contributed by atoms with Gasteiger partial charge in [0.05, 0.1) is 0 Å². The summed E-state index contributed by atoms with van der Waals surface area (Å²) in [5.74, 6) is 0.321. The van der Waals surface area contributed by atoms with E-state index in [1.165, 1.54) is 18.4 Å². The van der Waals surface area contributed by atoms with Crippen molar-refractivity contribution in [1.82, 2.24) is 14.8 Å². The second kappa shape index (κ2) is 8.54. The van der Waals surface area contributed by atoms with Gasteiger partial charge in [-0.3, -0.25) is 4.90 Å². The summed E-state index contributed by atoms with van der Waals surface area (Å²) in [4.78, 5) is 2.56. The maximum absolute atomic E-state index is 12.8. The number of hydrogen-bond donors (Lipinski definition) is 1. The number of benzene rings is 1. The van der Waals surface area contributed by atoms with Crippen molar-refractivity contribution in [3.8, 4) is 0 Å². The number of rotatable bonds is 6. The lowest BCUT2D eigenvalue weighted by molar-refractivity contribution is 0.206. The Hall–Kier alpha value is -1.70. The van der Waals surface area contributed by atoms with Gasteiger partial charge in [0, 0.05) is 12.6 Å². The van der Waals surface area contributed by atoms with Crippen molar-refractivity contribution in [1.29, 1.82) is 0 Å². The number of aryl methyl sites for hydroxylation is 3. The van der Waals surface area contributed by atoms with Crippen LogP contribution < -0.4 is 4.72 Å². The molecule has 1 aromatic carbocycles. The highest BCUT2D eigenvalue weighted by Gasteiger charge is 2.27. The molecule has 1 unspecified atom stereocenters. The van der Waals surface area contributed by atoms with Gasteiger partial charge in [-0.15, -0.1) is 0 Å². The van der Waals surface area contributed by atoms with E-state index in [2.05, 4.69) is 46.0 Å². The Morgan fingerprint density at radius 1 is 1.07 bits per heavy atom. The highest BCUT2D eigenvalue weighted by Crippen LogP contribution is 2.26. The first-order valence-electron chi connectivity index (χ1n) is 9.61. The summed E-state index contributed by atoms with van der Waals surface area (Å²) >= 11 is 0. The van der Waals surface area contributed by atoms with E-state index in [1.54, 1.807) is 13.8 Å². The lowest BCUT2D eigenvalue weighted by Gasteiger charge is -2.31. The van der Waals surface area contributed by atoms with E-state index in [4.69, 9.17) is 4.52 Å². The summed E-state index contributed by atoms with van der Waals surface area (Å²) in [6.07, 6.45) is 4.78. The summed E-state index contributed by atoms with van der Waals surface area (Å²) in [6.45, 7) is 7.65. The van der Waals surface area contributed by atoms with Crippen LogP contribution in [0.4, 0.5) is 0 Å². The molecule has 0 spiro atoms. The first-order chi connectivity index (χ1) is 12.9. The summed E-state index contributed by atoms with van der Waals surface area (Å²) in [5.41, 5.74) is 2.73. The van der Waals surface area contributed by atoms with Gasteiger partial charge in [0.15, 0.2) is 5.76 Å². The monoisotopic (exact) mass is 391 g/mol. The summed E-state index contributed by atoms with van der Waals surface area (Å²) in [5, 5.41) is 3.78. The molecule has 0 bridgehead atoms. The summed E-state index contributed by atoms with van der Waals surface area (Å²) < 4.78 is 33.5. The van der Waals surface area contributed by atoms with Crippen LogP contribution in [-0.4, -0.2) is 38.1 Å². The summed E-state index contributed by atoms with van der Waals surface area (Å²) in [6, 6.07) is 8.40. The van der Waals surface area contributed by atoms with Gasteiger partial charge in [0.1, 0.15) is 10.6 Å². The SMILES string of the molecule is Cc1ccc(C(CNS(=O)(=O)c2c(C)noc2C)N2CCCCCC2)cc1. The minimum atomic E-state index is -3.67. The standard InChI is InChI=1S/C20H29N3O3S/c1-15-8-10-18(11-9-15)19(23-12-6-4-5-7-13-23)14-21-27(24,25)20-16(2)22-26-17(20)3/h8-11,19,21H,4-7,12-14H2,1-3H3. The van der Waals surface area contributed by atoms with Crippen molar-refractivity contribution in [3.05, 3.63) is 46.8 Å². The van der Waals surface area contributed by atoms with E-state index in [0.29, 0.717) is 18.0 Å². The van der Waals surface area contributed by atoms with Crippen LogP contribution in [0.2, 0.25) is 0 Å². The Labute approximate surface area is 162 Å². The topological polar surface area (TPSA) is 75.4 Å². The van der Waals surface area contributed by atoms with Crippen molar-refractivity contribution < 1.29 is 12.9 Å². The fraction of sp³-hybridized carbons (Fsp3) is 0.550. The zero-order valence-corrected chi connectivity index (χ0v) is 17.2. The zero-order valence-electron chi connectivity index (χ0n) is 16.4. The molecule has 148 valence electrons. The van der Waals surface area contributed by atoms with Gasteiger partial charge in [-0.25, -0.2) is 13.1 Å². The molecule has 1 saturated heterocycles. The minimum Gasteiger partial charge on any atom is -0.360 e. The predicted molar refractivity (Wildman–Crippen MR) is 105 cm³/mol. The molecule has 1 aliphatic rings. The fourth-order valence-corrected chi connectivity index (χ4v) is 5.14. The molecule has 27 heavy (non-hydrogen) atoms. The molecule has 0 radical (unpaired) electrons. The summed E-state index contributed by atoms with van der Waals surface area (Å²) in [7, 11) is -3.67. The Balaban J connectivity index is 1.83. The average Bonchev–Trinajstić information content (AvgIpc) is 2.83. The van der Waals surface area contributed by atoms with Crippen molar-refractivity contribution >= 4 is 10.0 Å². The first kappa shape index (κ1) is 20.0. The second-order valence-electron chi connectivity index (χ2n) is 7.38. The van der Waals surface area contributed by atoms with Crippen molar-refractivity contribution in [2.75, 3.05) is 19.6 Å². The highest BCUT2D eigenvalue weighted by atomic mass is 32.2. The normalized spacial score (nSPS) is 17.6. The number of likely N-dealkylation sites (tertiary alicyclic amines) is 1. The van der Waals surface area contributed by atoms with Gasteiger partial charge in [-0.2, -0.15) is 0 Å². The third-order valence-electron chi connectivity index (χ3n) is 5.25. The molecule has 2 aromatic rings. The van der Waals surface area contributed by atoms with Gasteiger partial charge in [-0.1, -0.05) is 47.8 Å². The molecule has 6 nitrogen and oxygen atoms in total. The molecular formula is C20H29N3O3S. The molecule has 0 saturated carbocycles. The van der Waals surface area contributed by atoms with Gasteiger partial charge in [0.2, 0.25) is 10.0 Å². The number of aromatic nitrogens is 1. The largest absolute Gasteiger partial charge is 0.360 e. The molecule has 1 atom stereocenters.